The third-order valence-corrected chi connectivity index (χ3v) is 5.02. The topological polar surface area (TPSA) is 102 Å². The van der Waals surface area contributed by atoms with Gasteiger partial charge in [-0.25, -0.2) is 13.1 Å². The maximum absolute atomic E-state index is 12.1. The number of carboxylic acids is 1. The van der Waals surface area contributed by atoms with Crippen molar-refractivity contribution in [1.82, 2.24) is 4.72 Å². The van der Waals surface area contributed by atoms with Crippen LogP contribution in [0, 0.1) is 0 Å². The van der Waals surface area contributed by atoms with Crippen molar-refractivity contribution in [3.05, 3.63) is 0 Å². The molecule has 1 saturated heterocycles. The quantitative estimate of drug-likeness (QED) is 0.609. The van der Waals surface area contributed by atoms with Crippen molar-refractivity contribution < 1.29 is 27.8 Å². The Morgan fingerprint density at radius 1 is 1.47 bits per heavy atom. The molecule has 1 aliphatic heterocycles. The molecule has 0 amide bonds. The third kappa shape index (κ3) is 5.43. The summed E-state index contributed by atoms with van der Waals surface area (Å²) in [6.45, 7) is 1.20. The zero-order valence-electron chi connectivity index (χ0n) is 11.0. The summed E-state index contributed by atoms with van der Waals surface area (Å²) in [5, 5.41) is 8.48. The van der Waals surface area contributed by atoms with E-state index in [9.17, 15) is 13.2 Å². The van der Waals surface area contributed by atoms with Crippen molar-refractivity contribution in [1.29, 1.82) is 0 Å². The molecule has 0 aromatic carbocycles. The number of rotatable bonds is 8. The zero-order valence-corrected chi connectivity index (χ0v) is 11.8. The predicted molar refractivity (Wildman–Crippen MR) is 68.4 cm³/mol. The molecule has 0 aliphatic carbocycles. The van der Waals surface area contributed by atoms with E-state index >= 15 is 0 Å². The molecule has 2 N–H and O–H groups in total. The van der Waals surface area contributed by atoms with Gasteiger partial charge < -0.3 is 14.6 Å². The van der Waals surface area contributed by atoms with E-state index in [0.29, 0.717) is 39.1 Å². The van der Waals surface area contributed by atoms with Gasteiger partial charge in [0, 0.05) is 26.9 Å². The number of sulfonamides is 1. The second-order valence-electron chi connectivity index (χ2n) is 4.50. The number of methoxy groups -OCH3 is 1. The van der Waals surface area contributed by atoms with Gasteiger partial charge in [-0.15, -0.1) is 0 Å². The highest BCUT2D eigenvalue weighted by Gasteiger charge is 2.31. The van der Waals surface area contributed by atoms with E-state index in [2.05, 4.69) is 4.72 Å². The average molecular weight is 295 g/mol. The molecule has 0 radical (unpaired) electrons. The van der Waals surface area contributed by atoms with Crippen LogP contribution in [-0.2, 0) is 24.3 Å². The summed E-state index contributed by atoms with van der Waals surface area (Å²) < 4.78 is 36.4. The number of nitrogens with one attached hydrogen (secondary N) is 1. The van der Waals surface area contributed by atoms with Crippen LogP contribution in [0.25, 0.3) is 0 Å². The van der Waals surface area contributed by atoms with Gasteiger partial charge >= 0.3 is 5.97 Å². The lowest BCUT2D eigenvalue weighted by Crippen LogP contribution is -2.46. The van der Waals surface area contributed by atoms with Gasteiger partial charge in [-0.3, -0.25) is 4.79 Å². The Bertz CT molecular complexity index is 377. The standard InChI is InChI=1S/C11H21NO6S/c1-17-6-2-3-10(11(13)14)12-19(15,16)9-4-7-18-8-5-9/h9-10,12H,2-8H2,1H3,(H,13,14). The van der Waals surface area contributed by atoms with Gasteiger partial charge in [-0.1, -0.05) is 0 Å². The lowest BCUT2D eigenvalue weighted by Gasteiger charge is -2.24. The fourth-order valence-corrected chi connectivity index (χ4v) is 3.57. The summed E-state index contributed by atoms with van der Waals surface area (Å²) in [7, 11) is -2.10. The Kier molecular flexibility index (Phi) is 6.70. The molecule has 112 valence electrons. The first kappa shape index (κ1) is 16.4. The molecule has 0 bridgehead atoms. The highest BCUT2D eigenvalue weighted by Crippen LogP contribution is 2.16. The molecule has 1 fully saturated rings. The Morgan fingerprint density at radius 3 is 2.63 bits per heavy atom. The van der Waals surface area contributed by atoms with E-state index in [0.717, 1.165) is 0 Å². The molecule has 1 unspecified atom stereocenters. The number of ether oxygens (including phenoxy) is 2. The molecule has 0 spiro atoms. The van der Waals surface area contributed by atoms with Gasteiger partial charge in [-0.2, -0.15) is 0 Å². The average Bonchev–Trinajstić information content (AvgIpc) is 2.38. The van der Waals surface area contributed by atoms with Crippen molar-refractivity contribution in [3.63, 3.8) is 0 Å². The van der Waals surface area contributed by atoms with Crippen molar-refractivity contribution in [2.24, 2.45) is 0 Å². The molecule has 1 heterocycles. The predicted octanol–water partition coefficient (Wildman–Crippen LogP) is -0.0354. The summed E-state index contributed by atoms with van der Waals surface area (Å²) >= 11 is 0. The molecule has 0 aromatic heterocycles. The molecule has 1 aliphatic rings. The van der Waals surface area contributed by atoms with E-state index in [4.69, 9.17) is 14.6 Å². The summed E-state index contributed by atoms with van der Waals surface area (Å²) in [5.74, 6) is -1.16. The van der Waals surface area contributed by atoms with Gasteiger partial charge in [0.2, 0.25) is 10.0 Å². The van der Waals surface area contributed by atoms with Crippen LogP contribution in [0.1, 0.15) is 25.7 Å². The monoisotopic (exact) mass is 295 g/mol. The molecular formula is C11H21NO6S. The van der Waals surface area contributed by atoms with E-state index < -0.39 is 27.3 Å². The highest BCUT2D eigenvalue weighted by molar-refractivity contribution is 7.90. The van der Waals surface area contributed by atoms with Crippen LogP contribution in [0.5, 0.6) is 0 Å². The first-order chi connectivity index (χ1) is 8.97. The van der Waals surface area contributed by atoms with E-state index in [-0.39, 0.29) is 6.42 Å². The SMILES string of the molecule is COCCCC(NS(=O)(=O)C1CCOCC1)C(=O)O. The summed E-state index contributed by atoms with van der Waals surface area (Å²) in [5.41, 5.74) is 0. The van der Waals surface area contributed by atoms with E-state index in [1.54, 1.807) is 0 Å². The minimum absolute atomic E-state index is 0.214. The first-order valence-electron chi connectivity index (χ1n) is 6.28. The molecule has 1 atom stereocenters. The lowest BCUT2D eigenvalue weighted by atomic mass is 10.2. The van der Waals surface area contributed by atoms with Crippen LogP contribution < -0.4 is 4.72 Å². The normalized spacial score (nSPS) is 19.2. The van der Waals surface area contributed by atoms with E-state index in [1.807, 2.05) is 0 Å². The molecule has 19 heavy (non-hydrogen) atoms. The number of hydrogen-bond acceptors (Lipinski definition) is 5. The fourth-order valence-electron chi connectivity index (χ4n) is 1.95. The maximum atomic E-state index is 12.1. The van der Waals surface area contributed by atoms with Crippen LogP contribution in [0.15, 0.2) is 0 Å². The molecular weight excluding hydrogens is 274 g/mol. The second-order valence-corrected chi connectivity index (χ2v) is 6.49. The minimum atomic E-state index is -3.62. The Hall–Kier alpha value is -0.700. The fraction of sp³-hybridized carbons (Fsp3) is 0.909. The molecule has 1 rings (SSSR count). The van der Waals surface area contributed by atoms with Crippen LogP contribution in [0.3, 0.4) is 0 Å². The van der Waals surface area contributed by atoms with Crippen molar-refractivity contribution in [3.8, 4) is 0 Å². The number of aliphatic carboxylic acids is 1. The van der Waals surface area contributed by atoms with Crippen LogP contribution in [0.4, 0.5) is 0 Å². The molecule has 8 heteroatoms. The highest BCUT2D eigenvalue weighted by atomic mass is 32.2. The van der Waals surface area contributed by atoms with Crippen LogP contribution in [-0.4, -0.2) is 57.7 Å². The number of carboxylic acid groups (broad SMARTS) is 1. The summed E-state index contributed by atoms with van der Waals surface area (Å²) in [6, 6.07) is -1.09. The minimum Gasteiger partial charge on any atom is -0.480 e. The number of hydrogen-bond donors (Lipinski definition) is 2. The van der Waals surface area contributed by atoms with Gasteiger partial charge in [0.25, 0.3) is 0 Å². The van der Waals surface area contributed by atoms with Gasteiger partial charge in [0.1, 0.15) is 6.04 Å². The Labute approximate surface area is 113 Å². The number of carbonyl (C=O) groups is 1. The summed E-state index contributed by atoms with van der Waals surface area (Å²) in [4.78, 5) is 11.1. The Morgan fingerprint density at radius 2 is 2.11 bits per heavy atom. The summed E-state index contributed by atoms with van der Waals surface area (Å²) in [6.07, 6.45) is 1.51. The van der Waals surface area contributed by atoms with Gasteiger partial charge in [0.15, 0.2) is 0 Å². The van der Waals surface area contributed by atoms with Crippen molar-refractivity contribution in [2.45, 2.75) is 37.0 Å². The Balaban J connectivity index is 2.58. The maximum Gasteiger partial charge on any atom is 0.321 e. The van der Waals surface area contributed by atoms with Gasteiger partial charge in [0.05, 0.1) is 5.25 Å². The molecule has 7 nitrogen and oxygen atoms in total. The van der Waals surface area contributed by atoms with Crippen LogP contribution in [0.2, 0.25) is 0 Å². The lowest BCUT2D eigenvalue weighted by molar-refractivity contribution is -0.139. The van der Waals surface area contributed by atoms with Crippen molar-refractivity contribution >= 4 is 16.0 Å². The first-order valence-corrected chi connectivity index (χ1v) is 7.82. The van der Waals surface area contributed by atoms with Crippen molar-refractivity contribution in [2.75, 3.05) is 26.9 Å². The molecule has 0 aromatic rings. The molecule has 0 saturated carbocycles. The smallest absolute Gasteiger partial charge is 0.321 e. The second kappa shape index (κ2) is 7.78. The zero-order chi connectivity index (χ0) is 14.3. The van der Waals surface area contributed by atoms with Crippen LogP contribution >= 0.6 is 0 Å². The van der Waals surface area contributed by atoms with Gasteiger partial charge in [-0.05, 0) is 25.7 Å². The third-order valence-electron chi connectivity index (χ3n) is 3.05. The largest absolute Gasteiger partial charge is 0.480 e. The van der Waals surface area contributed by atoms with E-state index in [1.165, 1.54) is 7.11 Å².